The van der Waals surface area contributed by atoms with Crippen LogP contribution >= 0.6 is 11.3 Å². The second-order valence-corrected chi connectivity index (χ2v) is 8.79. The average Bonchev–Trinajstić information content (AvgIpc) is 3.21. The molecule has 5 aromatic rings. The third-order valence-electron chi connectivity index (χ3n) is 5.72. The first kappa shape index (κ1) is 18.9. The van der Waals surface area contributed by atoms with E-state index in [-0.39, 0.29) is 0 Å². The topological polar surface area (TPSA) is 38.7 Å². The van der Waals surface area contributed by atoms with Crippen molar-refractivity contribution < 1.29 is 0 Å². The van der Waals surface area contributed by atoms with Crippen molar-refractivity contribution in [2.75, 3.05) is 0 Å². The van der Waals surface area contributed by atoms with E-state index in [1.165, 1.54) is 26.8 Å². The SMILES string of the molecule is CCc1cc2sc(-c3cccnc3)nc2cc1CC(C)c1ccc2ncccc2c1. The van der Waals surface area contributed by atoms with Crippen LogP contribution in [0.3, 0.4) is 0 Å². The highest BCUT2D eigenvalue weighted by Gasteiger charge is 2.14. The Morgan fingerprint density at radius 3 is 2.67 bits per heavy atom. The van der Waals surface area contributed by atoms with E-state index < -0.39 is 0 Å². The van der Waals surface area contributed by atoms with Crippen molar-refractivity contribution >= 4 is 32.5 Å². The number of pyridine rings is 2. The minimum absolute atomic E-state index is 0.425. The lowest BCUT2D eigenvalue weighted by Crippen LogP contribution is -2.02. The Morgan fingerprint density at radius 1 is 0.933 bits per heavy atom. The van der Waals surface area contributed by atoms with Gasteiger partial charge in [0.2, 0.25) is 0 Å². The number of thiazole rings is 1. The zero-order valence-corrected chi connectivity index (χ0v) is 18.0. The summed E-state index contributed by atoms with van der Waals surface area (Å²) in [4.78, 5) is 13.6. The Bertz CT molecular complexity index is 1320. The summed E-state index contributed by atoms with van der Waals surface area (Å²) in [5.41, 5.74) is 7.38. The van der Waals surface area contributed by atoms with Gasteiger partial charge in [-0.1, -0.05) is 26.0 Å². The molecule has 0 fully saturated rings. The summed E-state index contributed by atoms with van der Waals surface area (Å²) in [7, 11) is 0. The quantitative estimate of drug-likeness (QED) is 0.320. The van der Waals surface area contributed by atoms with E-state index >= 15 is 0 Å². The monoisotopic (exact) mass is 409 g/mol. The Morgan fingerprint density at radius 2 is 1.83 bits per heavy atom. The van der Waals surface area contributed by atoms with Crippen molar-refractivity contribution in [1.82, 2.24) is 15.0 Å². The highest BCUT2D eigenvalue weighted by molar-refractivity contribution is 7.21. The molecule has 0 saturated carbocycles. The van der Waals surface area contributed by atoms with Gasteiger partial charge in [0.25, 0.3) is 0 Å². The first-order valence-corrected chi connectivity index (χ1v) is 11.2. The lowest BCUT2D eigenvalue weighted by atomic mass is 9.90. The third kappa shape index (κ3) is 3.59. The van der Waals surface area contributed by atoms with E-state index in [9.17, 15) is 0 Å². The average molecular weight is 410 g/mol. The fourth-order valence-electron chi connectivity index (χ4n) is 4.04. The fraction of sp³-hybridized carbons (Fsp3) is 0.192. The summed E-state index contributed by atoms with van der Waals surface area (Å²) >= 11 is 1.75. The lowest BCUT2D eigenvalue weighted by molar-refractivity contribution is 0.753. The standard InChI is InChI=1S/C26H23N3S/c1-3-18-15-25-24(29-26(30-25)21-7-4-10-27-16-21)14-22(18)12-17(2)19-8-9-23-20(13-19)6-5-11-28-23/h4-11,13-17H,3,12H2,1-2H3. The number of rotatable bonds is 5. The van der Waals surface area contributed by atoms with Crippen LogP contribution in [-0.4, -0.2) is 15.0 Å². The molecule has 0 saturated heterocycles. The zero-order valence-electron chi connectivity index (χ0n) is 17.2. The van der Waals surface area contributed by atoms with Crippen LogP contribution in [0, 0.1) is 0 Å². The van der Waals surface area contributed by atoms with Gasteiger partial charge in [-0.15, -0.1) is 11.3 Å². The zero-order chi connectivity index (χ0) is 20.5. The summed E-state index contributed by atoms with van der Waals surface area (Å²) in [6.07, 6.45) is 7.57. The van der Waals surface area contributed by atoms with E-state index in [1.807, 2.05) is 24.5 Å². The maximum Gasteiger partial charge on any atom is 0.126 e. The van der Waals surface area contributed by atoms with Crippen LogP contribution in [0.1, 0.15) is 36.5 Å². The Labute approximate surface area is 180 Å². The van der Waals surface area contributed by atoms with Gasteiger partial charge < -0.3 is 0 Å². The van der Waals surface area contributed by atoms with Gasteiger partial charge in [-0.25, -0.2) is 4.98 Å². The molecule has 3 heterocycles. The molecule has 2 aromatic carbocycles. The van der Waals surface area contributed by atoms with Crippen LogP contribution in [0.4, 0.5) is 0 Å². The van der Waals surface area contributed by atoms with Crippen LogP contribution in [-0.2, 0) is 12.8 Å². The number of hydrogen-bond acceptors (Lipinski definition) is 4. The summed E-state index contributed by atoms with van der Waals surface area (Å²) in [5.74, 6) is 0.425. The van der Waals surface area contributed by atoms with Gasteiger partial charge in [0.1, 0.15) is 5.01 Å². The van der Waals surface area contributed by atoms with Crippen molar-refractivity contribution in [2.45, 2.75) is 32.6 Å². The number of aryl methyl sites for hydroxylation is 1. The van der Waals surface area contributed by atoms with Gasteiger partial charge in [0, 0.05) is 29.5 Å². The molecule has 30 heavy (non-hydrogen) atoms. The minimum atomic E-state index is 0.425. The third-order valence-corrected chi connectivity index (χ3v) is 6.79. The van der Waals surface area contributed by atoms with E-state index in [0.717, 1.165) is 34.4 Å². The van der Waals surface area contributed by atoms with Crippen LogP contribution in [0.25, 0.3) is 31.7 Å². The molecule has 0 spiro atoms. The maximum absolute atomic E-state index is 4.91. The van der Waals surface area contributed by atoms with Crippen LogP contribution in [0.15, 0.2) is 73.2 Å². The minimum Gasteiger partial charge on any atom is -0.264 e. The summed E-state index contributed by atoms with van der Waals surface area (Å²) in [6.45, 7) is 4.55. The van der Waals surface area contributed by atoms with Crippen LogP contribution < -0.4 is 0 Å². The number of nitrogens with zero attached hydrogens (tertiary/aromatic N) is 3. The molecule has 3 nitrogen and oxygen atoms in total. The molecule has 0 aliphatic rings. The van der Waals surface area contributed by atoms with E-state index in [2.05, 4.69) is 66.3 Å². The molecule has 0 N–H and O–H groups in total. The number of aromatic nitrogens is 3. The molecule has 0 aliphatic heterocycles. The normalized spacial score (nSPS) is 12.5. The molecule has 5 rings (SSSR count). The predicted molar refractivity (Wildman–Crippen MR) is 126 cm³/mol. The summed E-state index contributed by atoms with van der Waals surface area (Å²) in [6, 6.07) is 19.4. The summed E-state index contributed by atoms with van der Waals surface area (Å²) < 4.78 is 1.25. The maximum atomic E-state index is 4.91. The van der Waals surface area contributed by atoms with Crippen molar-refractivity contribution in [3.63, 3.8) is 0 Å². The van der Waals surface area contributed by atoms with E-state index in [1.54, 1.807) is 17.5 Å². The highest BCUT2D eigenvalue weighted by Crippen LogP contribution is 2.33. The molecule has 148 valence electrons. The number of fused-ring (bicyclic) bond motifs is 2. The van der Waals surface area contributed by atoms with Crippen molar-refractivity contribution in [1.29, 1.82) is 0 Å². The molecule has 1 atom stereocenters. The second-order valence-electron chi connectivity index (χ2n) is 7.76. The number of benzene rings is 2. The first-order chi connectivity index (χ1) is 14.7. The van der Waals surface area contributed by atoms with E-state index in [0.29, 0.717) is 5.92 Å². The Balaban J connectivity index is 1.49. The Kier molecular flexibility index (Phi) is 5.01. The predicted octanol–water partition coefficient (Wildman–Crippen LogP) is 6.82. The van der Waals surface area contributed by atoms with Gasteiger partial charge in [-0.2, -0.15) is 0 Å². The van der Waals surface area contributed by atoms with Crippen molar-refractivity contribution in [3.05, 3.63) is 89.9 Å². The fourth-order valence-corrected chi connectivity index (χ4v) is 5.04. The second kappa shape index (κ2) is 7.96. The lowest BCUT2D eigenvalue weighted by Gasteiger charge is -2.15. The van der Waals surface area contributed by atoms with Crippen LogP contribution in [0.5, 0.6) is 0 Å². The molecule has 0 aliphatic carbocycles. The van der Waals surface area contributed by atoms with Gasteiger partial charge in [-0.05, 0) is 77.9 Å². The highest BCUT2D eigenvalue weighted by atomic mass is 32.1. The van der Waals surface area contributed by atoms with Crippen molar-refractivity contribution in [3.8, 4) is 10.6 Å². The molecular weight excluding hydrogens is 386 g/mol. The van der Waals surface area contributed by atoms with Gasteiger partial charge in [0.15, 0.2) is 0 Å². The van der Waals surface area contributed by atoms with E-state index in [4.69, 9.17) is 4.98 Å². The molecule has 1 unspecified atom stereocenters. The smallest absolute Gasteiger partial charge is 0.126 e. The van der Waals surface area contributed by atoms with Crippen LogP contribution in [0.2, 0.25) is 0 Å². The number of hydrogen-bond donors (Lipinski definition) is 0. The molecule has 4 heteroatoms. The van der Waals surface area contributed by atoms with Crippen molar-refractivity contribution in [2.24, 2.45) is 0 Å². The largest absolute Gasteiger partial charge is 0.264 e. The Hall–Kier alpha value is -3.11. The molecule has 0 amide bonds. The van der Waals surface area contributed by atoms with Gasteiger partial charge in [0.05, 0.1) is 15.7 Å². The molecule has 0 radical (unpaired) electrons. The molecule has 0 bridgehead atoms. The molecule has 3 aromatic heterocycles. The van der Waals surface area contributed by atoms with Gasteiger partial charge in [-0.3, -0.25) is 9.97 Å². The van der Waals surface area contributed by atoms with Gasteiger partial charge >= 0.3 is 0 Å². The first-order valence-electron chi connectivity index (χ1n) is 10.4. The molecular formula is C26H23N3S. The summed E-state index contributed by atoms with van der Waals surface area (Å²) in [5, 5.41) is 2.24.